The zero-order valence-corrected chi connectivity index (χ0v) is 21.2. The number of carbonyl (C=O) groups excluding carboxylic acids is 2. The van der Waals surface area contributed by atoms with E-state index in [1.165, 1.54) is 11.0 Å². The van der Waals surface area contributed by atoms with E-state index in [0.29, 0.717) is 22.8 Å². The molecule has 0 radical (unpaired) electrons. The molecule has 0 bridgehead atoms. The normalized spacial score (nSPS) is 14.8. The van der Waals surface area contributed by atoms with Crippen LogP contribution in [-0.2, 0) is 11.3 Å². The van der Waals surface area contributed by atoms with Gasteiger partial charge in [0.25, 0.3) is 11.1 Å². The van der Waals surface area contributed by atoms with Crippen LogP contribution in [0.2, 0.25) is 0 Å². The van der Waals surface area contributed by atoms with Gasteiger partial charge < -0.3 is 9.30 Å². The van der Waals surface area contributed by atoms with E-state index in [9.17, 15) is 14.0 Å². The van der Waals surface area contributed by atoms with E-state index in [2.05, 4.69) is 0 Å². The second kappa shape index (κ2) is 10.2. The summed E-state index contributed by atoms with van der Waals surface area (Å²) < 4.78 is 22.2. The minimum absolute atomic E-state index is 0.153. The minimum atomic E-state index is -0.340. The van der Waals surface area contributed by atoms with Crippen LogP contribution < -0.4 is 4.74 Å². The largest absolute Gasteiger partial charge is 0.491 e. The van der Waals surface area contributed by atoms with Gasteiger partial charge in [0, 0.05) is 33.6 Å². The monoisotopic (exact) mass is 522 g/mol. The van der Waals surface area contributed by atoms with Gasteiger partial charge in [-0.3, -0.25) is 14.5 Å². The van der Waals surface area contributed by atoms with E-state index >= 15 is 0 Å². The summed E-state index contributed by atoms with van der Waals surface area (Å²) in [5, 5.41) is 2.65. The summed E-state index contributed by atoms with van der Waals surface area (Å²) in [5.74, 6) is 0.111. The van der Waals surface area contributed by atoms with Crippen molar-refractivity contribution in [2.24, 2.45) is 0 Å². The number of hydrogen-bond acceptors (Lipinski definition) is 4. The molecule has 1 aromatic heterocycles. The first kappa shape index (κ1) is 24.0. The molecular weight excluding hydrogens is 499 g/mol. The predicted molar refractivity (Wildman–Crippen MR) is 150 cm³/mol. The van der Waals surface area contributed by atoms with Crippen LogP contribution in [0.15, 0.2) is 102 Å². The highest BCUT2D eigenvalue weighted by Gasteiger charge is 2.35. The minimum Gasteiger partial charge on any atom is -0.491 e. The van der Waals surface area contributed by atoms with Crippen LogP contribution in [0.3, 0.4) is 0 Å². The molecule has 4 aromatic carbocycles. The van der Waals surface area contributed by atoms with E-state index in [0.717, 1.165) is 39.0 Å². The summed E-state index contributed by atoms with van der Waals surface area (Å²) >= 11 is 0.923. The van der Waals surface area contributed by atoms with Crippen molar-refractivity contribution in [3.8, 4) is 5.75 Å². The number of rotatable bonds is 7. The molecule has 0 unspecified atom stereocenters. The molecule has 188 valence electrons. The van der Waals surface area contributed by atoms with E-state index in [-0.39, 0.29) is 30.1 Å². The number of hydrogen-bond donors (Lipinski definition) is 0. The molecule has 2 amide bonds. The fourth-order valence-electron chi connectivity index (χ4n) is 4.73. The Morgan fingerprint density at radius 3 is 2.45 bits per heavy atom. The van der Waals surface area contributed by atoms with Crippen molar-refractivity contribution < 1.29 is 18.7 Å². The van der Waals surface area contributed by atoms with E-state index < -0.39 is 0 Å². The quantitative estimate of drug-likeness (QED) is 0.214. The molecule has 6 rings (SSSR count). The van der Waals surface area contributed by atoms with Gasteiger partial charge in [-0.25, -0.2) is 4.39 Å². The van der Waals surface area contributed by atoms with Crippen molar-refractivity contribution in [2.75, 3.05) is 13.2 Å². The van der Waals surface area contributed by atoms with Crippen molar-refractivity contribution in [3.63, 3.8) is 0 Å². The number of carbonyl (C=O) groups is 2. The standard InChI is InChI=1S/C31H23FN2O3S/c32-26-13-5-2-9-22(26)19-33-20-23(24-11-4-6-14-27(24)33)18-29-30(35)34(31(36)38-29)16-17-37-28-15-7-10-21-8-1-3-12-25(21)28/h1-15,18,20H,16-17,19H2/b29-18-. The van der Waals surface area contributed by atoms with Gasteiger partial charge in [-0.1, -0.05) is 72.8 Å². The summed E-state index contributed by atoms with van der Waals surface area (Å²) in [6.45, 7) is 0.704. The Morgan fingerprint density at radius 2 is 1.58 bits per heavy atom. The second-order valence-corrected chi connectivity index (χ2v) is 9.97. The number of benzene rings is 4. The predicted octanol–water partition coefficient (Wildman–Crippen LogP) is 7.10. The number of aromatic nitrogens is 1. The Hall–Kier alpha value is -4.36. The number of ether oxygens (including phenoxy) is 1. The lowest BCUT2D eigenvalue weighted by Gasteiger charge is -2.14. The first-order valence-electron chi connectivity index (χ1n) is 12.3. The van der Waals surface area contributed by atoms with Crippen LogP contribution in [0.1, 0.15) is 11.1 Å². The highest BCUT2D eigenvalue weighted by Crippen LogP contribution is 2.34. The lowest BCUT2D eigenvalue weighted by Crippen LogP contribution is -2.32. The summed E-state index contributed by atoms with van der Waals surface area (Å²) in [6, 6.07) is 28.2. The first-order chi connectivity index (χ1) is 18.6. The van der Waals surface area contributed by atoms with Crippen LogP contribution in [0.25, 0.3) is 27.8 Å². The van der Waals surface area contributed by atoms with Gasteiger partial charge in [0.15, 0.2) is 0 Å². The molecule has 0 aliphatic carbocycles. The third-order valence-corrected chi connectivity index (χ3v) is 7.51. The maximum Gasteiger partial charge on any atom is 0.293 e. The molecule has 5 aromatic rings. The highest BCUT2D eigenvalue weighted by atomic mass is 32.2. The summed E-state index contributed by atoms with van der Waals surface area (Å²) in [4.78, 5) is 27.4. The molecule has 0 atom stereocenters. The van der Waals surface area contributed by atoms with Crippen molar-refractivity contribution in [1.82, 2.24) is 9.47 Å². The Bertz CT molecular complexity index is 1720. The Labute approximate surface area is 223 Å². The number of thioether (sulfide) groups is 1. The molecule has 1 saturated heterocycles. The van der Waals surface area contributed by atoms with Gasteiger partial charge in [-0.05, 0) is 41.4 Å². The Balaban J connectivity index is 1.21. The smallest absolute Gasteiger partial charge is 0.293 e. The molecule has 1 aliphatic rings. The Kier molecular flexibility index (Phi) is 6.43. The third-order valence-electron chi connectivity index (χ3n) is 6.60. The van der Waals surface area contributed by atoms with E-state index in [1.54, 1.807) is 18.2 Å². The molecule has 38 heavy (non-hydrogen) atoms. The first-order valence-corrected chi connectivity index (χ1v) is 13.1. The van der Waals surface area contributed by atoms with Crippen LogP contribution in [0, 0.1) is 5.82 Å². The molecule has 1 aliphatic heterocycles. The zero-order chi connectivity index (χ0) is 26.1. The molecule has 1 fully saturated rings. The molecule has 0 saturated carbocycles. The maximum atomic E-state index is 14.3. The zero-order valence-electron chi connectivity index (χ0n) is 20.3. The third kappa shape index (κ3) is 4.57. The SMILES string of the molecule is O=C1S/C(=C\c2cn(Cc3ccccc3F)c3ccccc23)C(=O)N1CCOc1cccc2ccccc12. The number of nitrogens with zero attached hydrogens (tertiary/aromatic N) is 2. The van der Waals surface area contributed by atoms with Crippen molar-refractivity contribution >= 4 is 50.7 Å². The van der Waals surface area contributed by atoms with Crippen LogP contribution in [-0.4, -0.2) is 33.8 Å². The van der Waals surface area contributed by atoms with Gasteiger partial charge >= 0.3 is 0 Å². The molecule has 2 heterocycles. The van der Waals surface area contributed by atoms with E-state index in [1.807, 2.05) is 83.6 Å². The van der Waals surface area contributed by atoms with Gasteiger partial charge in [0.2, 0.25) is 0 Å². The molecule has 5 nitrogen and oxygen atoms in total. The fraction of sp³-hybridized carbons (Fsp3) is 0.0968. The lowest BCUT2D eigenvalue weighted by molar-refractivity contribution is -0.123. The second-order valence-electron chi connectivity index (χ2n) is 8.98. The molecule has 0 N–H and O–H groups in total. The van der Waals surface area contributed by atoms with Gasteiger partial charge in [0.1, 0.15) is 18.2 Å². The van der Waals surface area contributed by atoms with Gasteiger partial charge in [-0.2, -0.15) is 0 Å². The number of halogens is 1. The van der Waals surface area contributed by atoms with Gasteiger partial charge in [-0.15, -0.1) is 0 Å². The highest BCUT2D eigenvalue weighted by molar-refractivity contribution is 8.18. The lowest BCUT2D eigenvalue weighted by atomic mass is 10.1. The molecular formula is C31H23FN2O3S. The van der Waals surface area contributed by atoms with Crippen molar-refractivity contribution in [3.05, 3.63) is 119 Å². The number of imide groups is 1. The fourth-order valence-corrected chi connectivity index (χ4v) is 5.59. The topological polar surface area (TPSA) is 51.5 Å². The average Bonchev–Trinajstić information content (AvgIpc) is 3.41. The summed E-state index contributed by atoms with van der Waals surface area (Å²) in [7, 11) is 0. The van der Waals surface area contributed by atoms with Crippen LogP contribution in [0.4, 0.5) is 9.18 Å². The maximum absolute atomic E-state index is 14.3. The van der Waals surface area contributed by atoms with Crippen molar-refractivity contribution in [1.29, 1.82) is 0 Å². The van der Waals surface area contributed by atoms with Gasteiger partial charge in [0.05, 0.1) is 18.0 Å². The summed E-state index contributed by atoms with van der Waals surface area (Å²) in [6.07, 6.45) is 3.64. The average molecular weight is 523 g/mol. The number of amides is 2. The molecule has 7 heteroatoms. The Morgan fingerprint density at radius 1 is 0.842 bits per heavy atom. The number of fused-ring (bicyclic) bond motifs is 2. The van der Waals surface area contributed by atoms with Crippen LogP contribution in [0.5, 0.6) is 5.75 Å². The van der Waals surface area contributed by atoms with Crippen LogP contribution >= 0.6 is 11.8 Å². The van der Waals surface area contributed by atoms with E-state index in [4.69, 9.17) is 4.74 Å². The van der Waals surface area contributed by atoms with Crippen molar-refractivity contribution in [2.45, 2.75) is 6.54 Å². The molecule has 0 spiro atoms. The number of para-hydroxylation sites is 1. The summed E-state index contributed by atoms with van der Waals surface area (Å²) in [5.41, 5.74) is 2.30.